The molecule has 1 saturated carbocycles. The van der Waals surface area contributed by atoms with Crippen molar-refractivity contribution < 1.29 is 17.9 Å². The number of nitrogens with zero attached hydrogens (tertiary/aromatic N) is 1. The maximum absolute atomic E-state index is 14.7. The summed E-state index contributed by atoms with van der Waals surface area (Å²) in [5.74, 6) is 0.273. The molecule has 1 atom stereocenters. The van der Waals surface area contributed by atoms with Crippen molar-refractivity contribution in [3.8, 4) is 6.07 Å². The first kappa shape index (κ1) is 22.1. The van der Waals surface area contributed by atoms with Gasteiger partial charge >= 0.3 is 6.11 Å². The lowest BCUT2D eigenvalue weighted by Crippen LogP contribution is -2.20. The number of hydrogen-bond donors (Lipinski definition) is 0. The Bertz CT molecular complexity index is 922. The molecule has 0 bridgehead atoms. The van der Waals surface area contributed by atoms with Crippen molar-refractivity contribution in [1.29, 1.82) is 5.26 Å². The molecule has 1 fully saturated rings. The van der Waals surface area contributed by atoms with E-state index in [9.17, 15) is 13.2 Å². The smallest absolute Gasteiger partial charge is 0.309 e. The van der Waals surface area contributed by atoms with E-state index in [-0.39, 0.29) is 16.7 Å². The Hall–Kier alpha value is -2.58. The zero-order valence-electron chi connectivity index (χ0n) is 17.2. The number of hydrogen-bond acceptors (Lipinski definition) is 2. The zero-order chi connectivity index (χ0) is 21.7. The van der Waals surface area contributed by atoms with E-state index in [1.807, 2.05) is 6.92 Å². The average Bonchev–Trinajstić information content (AvgIpc) is 2.74. The average molecular weight is 413 g/mol. The first-order valence-corrected chi connectivity index (χ1v) is 10.3. The maximum Gasteiger partial charge on any atom is 0.383 e. The van der Waals surface area contributed by atoms with Crippen LogP contribution in [0, 0.1) is 23.1 Å². The lowest BCUT2D eigenvalue weighted by atomic mass is 9.78. The summed E-state index contributed by atoms with van der Waals surface area (Å²) in [5.41, 5.74) is 0.972. The van der Waals surface area contributed by atoms with Gasteiger partial charge in [-0.15, -0.1) is 0 Å². The standard InChI is InChI=1S/C25H26F3NO/c1-3-4-18-5-7-19(8-6-18)20-11-13-23(14-12-20)25(27,28)30-17(2)21-9-10-22(16-29)24(26)15-21/h3-4,9-15,17-19H,5-8H2,1-2H3/b4-3+. The Balaban J connectivity index is 1.66. The highest BCUT2D eigenvalue weighted by Gasteiger charge is 2.35. The van der Waals surface area contributed by atoms with Crippen LogP contribution in [0.1, 0.15) is 73.8 Å². The summed E-state index contributed by atoms with van der Waals surface area (Å²) >= 11 is 0. The Kier molecular flexibility index (Phi) is 6.99. The van der Waals surface area contributed by atoms with Crippen LogP contribution in [0.2, 0.25) is 0 Å². The van der Waals surface area contributed by atoms with E-state index in [0.717, 1.165) is 37.3 Å². The van der Waals surface area contributed by atoms with E-state index < -0.39 is 18.0 Å². The van der Waals surface area contributed by atoms with Crippen LogP contribution in [0.4, 0.5) is 13.2 Å². The van der Waals surface area contributed by atoms with Crippen molar-refractivity contribution in [3.05, 3.63) is 82.7 Å². The molecule has 0 spiro atoms. The molecule has 0 amide bonds. The first-order chi connectivity index (χ1) is 14.3. The van der Waals surface area contributed by atoms with E-state index >= 15 is 0 Å². The van der Waals surface area contributed by atoms with Crippen molar-refractivity contribution >= 4 is 0 Å². The second-order valence-electron chi connectivity index (χ2n) is 7.89. The van der Waals surface area contributed by atoms with Gasteiger partial charge in [-0.1, -0.05) is 42.5 Å². The molecule has 2 nitrogen and oxygen atoms in total. The molecule has 0 radical (unpaired) electrons. The first-order valence-electron chi connectivity index (χ1n) is 10.3. The Morgan fingerprint density at radius 2 is 1.77 bits per heavy atom. The third-order valence-corrected chi connectivity index (χ3v) is 5.86. The SMILES string of the molecule is C/C=C/C1CCC(c2ccc(C(F)(F)OC(C)c3ccc(C#N)c(F)c3)cc2)CC1. The minimum Gasteiger partial charge on any atom is -0.309 e. The van der Waals surface area contributed by atoms with Crippen LogP contribution in [-0.2, 0) is 10.8 Å². The van der Waals surface area contributed by atoms with Gasteiger partial charge < -0.3 is 4.74 Å². The van der Waals surface area contributed by atoms with Gasteiger partial charge in [0.2, 0.25) is 0 Å². The fourth-order valence-electron chi connectivity index (χ4n) is 4.10. The molecule has 2 aromatic rings. The Morgan fingerprint density at radius 1 is 1.10 bits per heavy atom. The van der Waals surface area contributed by atoms with Crippen LogP contribution in [0.5, 0.6) is 0 Å². The largest absolute Gasteiger partial charge is 0.383 e. The zero-order valence-corrected chi connectivity index (χ0v) is 17.2. The molecule has 3 rings (SSSR count). The fraction of sp³-hybridized carbons (Fsp3) is 0.400. The number of allylic oxidation sites excluding steroid dienone is 2. The minimum absolute atomic E-state index is 0.131. The van der Waals surface area contributed by atoms with Gasteiger partial charge in [-0.25, -0.2) is 4.39 Å². The molecule has 0 heterocycles. The predicted molar refractivity (Wildman–Crippen MR) is 110 cm³/mol. The summed E-state index contributed by atoms with van der Waals surface area (Å²) in [5, 5.41) is 8.79. The number of rotatable bonds is 6. The lowest BCUT2D eigenvalue weighted by Gasteiger charge is -2.27. The summed E-state index contributed by atoms with van der Waals surface area (Å²) in [6.07, 6.45) is 4.15. The molecular weight excluding hydrogens is 387 g/mol. The van der Waals surface area contributed by atoms with Crippen LogP contribution in [0.25, 0.3) is 0 Å². The summed E-state index contributed by atoms with van der Waals surface area (Å²) in [6.45, 7) is 3.47. The van der Waals surface area contributed by atoms with Crippen LogP contribution < -0.4 is 0 Å². The van der Waals surface area contributed by atoms with Crippen LogP contribution in [0.15, 0.2) is 54.6 Å². The summed E-state index contributed by atoms with van der Waals surface area (Å²) in [4.78, 5) is 0. The third kappa shape index (κ3) is 5.12. The van der Waals surface area contributed by atoms with Crippen molar-refractivity contribution in [2.75, 3.05) is 0 Å². The number of benzene rings is 2. The van der Waals surface area contributed by atoms with Crippen molar-refractivity contribution in [3.63, 3.8) is 0 Å². The predicted octanol–water partition coefficient (Wildman–Crippen LogP) is 7.37. The molecule has 1 aliphatic rings. The van der Waals surface area contributed by atoms with Crippen molar-refractivity contribution in [2.45, 2.75) is 57.7 Å². The number of halogens is 3. The molecule has 0 aliphatic heterocycles. The normalized spacial score (nSPS) is 20.8. The van der Waals surface area contributed by atoms with Crippen molar-refractivity contribution in [1.82, 2.24) is 0 Å². The second-order valence-corrected chi connectivity index (χ2v) is 7.89. The monoisotopic (exact) mass is 413 g/mol. The lowest BCUT2D eigenvalue weighted by molar-refractivity contribution is -0.272. The summed E-state index contributed by atoms with van der Waals surface area (Å²) < 4.78 is 48.1. The molecule has 1 aliphatic carbocycles. The molecule has 2 aromatic carbocycles. The Labute approximate surface area is 176 Å². The number of nitriles is 1. The topological polar surface area (TPSA) is 33.0 Å². The van der Waals surface area contributed by atoms with E-state index in [2.05, 4.69) is 12.2 Å². The molecule has 158 valence electrons. The highest BCUT2D eigenvalue weighted by molar-refractivity contribution is 5.34. The van der Waals surface area contributed by atoms with E-state index in [1.54, 1.807) is 18.2 Å². The van der Waals surface area contributed by atoms with Crippen LogP contribution >= 0.6 is 0 Å². The molecule has 0 N–H and O–H groups in total. The van der Waals surface area contributed by atoms with Gasteiger partial charge in [0.25, 0.3) is 0 Å². The second kappa shape index (κ2) is 9.49. The van der Waals surface area contributed by atoms with Gasteiger partial charge in [0, 0.05) is 0 Å². The molecule has 1 unspecified atom stereocenters. The fourth-order valence-corrected chi connectivity index (χ4v) is 4.10. The van der Waals surface area contributed by atoms with E-state index in [1.165, 1.54) is 31.2 Å². The summed E-state index contributed by atoms with van der Waals surface area (Å²) in [7, 11) is 0. The van der Waals surface area contributed by atoms with Crippen molar-refractivity contribution in [2.24, 2.45) is 5.92 Å². The molecule has 5 heteroatoms. The molecule has 0 saturated heterocycles. The van der Waals surface area contributed by atoms with E-state index in [0.29, 0.717) is 11.8 Å². The number of ether oxygens (including phenoxy) is 1. The number of alkyl halides is 2. The van der Waals surface area contributed by atoms with Gasteiger partial charge in [0.05, 0.1) is 17.2 Å². The molecule has 0 aromatic heterocycles. The van der Waals surface area contributed by atoms with E-state index in [4.69, 9.17) is 10.00 Å². The third-order valence-electron chi connectivity index (χ3n) is 5.86. The highest BCUT2D eigenvalue weighted by Crippen LogP contribution is 2.39. The quantitative estimate of drug-likeness (QED) is 0.463. The van der Waals surface area contributed by atoms with Gasteiger partial charge in [-0.05, 0) is 74.6 Å². The van der Waals surface area contributed by atoms with Gasteiger partial charge in [-0.3, -0.25) is 0 Å². The summed E-state index contributed by atoms with van der Waals surface area (Å²) in [6, 6.07) is 11.8. The Morgan fingerprint density at radius 3 is 2.33 bits per heavy atom. The minimum atomic E-state index is -3.51. The van der Waals surface area contributed by atoms with Crippen LogP contribution in [-0.4, -0.2) is 0 Å². The van der Waals surface area contributed by atoms with Gasteiger partial charge in [0.1, 0.15) is 11.9 Å². The van der Waals surface area contributed by atoms with Gasteiger partial charge in [-0.2, -0.15) is 14.0 Å². The maximum atomic E-state index is 14.7. The highest BCUT2D eigenvalue weighted by atomic mass is 19.3. The molecule has 30 heavy (non-hydrogen) atoms. The van der Waals surface area contributed by atoms with Gasteiger partial charge in [0.15, 0.2) is 0 Å². The molecular formula is C25H26F3NO. The van der Waals surface area contributed by atoms with Crippen LogP contribution in [0.3, 0.4) is 0 Å².